The Balaban J connectivity index is 2.01. The minimum absolute atomic E-state index is 0.220. The fraction of sp³-hybridized carbons (Fsp3) is 0.438. The molecule has 1 unspecified atom stereocenters. The Morgan fingerprint density at radius 3 is 2.90 bits per heavy atom. The molecular weight excluding hydrogens is 250 g/mol. The summed E-state index contributed by atoms with van der Waals surface area (Å²) in [5.74, 6) is 2.00. The van der Waals surface area contributed by atoms with Gasteiger partial charge in [0.1, 0.15) is 11.6 Å². The normalized spacial score (nSPS) is 12.3. The minimum Gasteiger partial charge on any atom is -0.496 e. The Hall–Kier alpha value is -1.81. The molecule has 2 rings (SSSR count). The first-order valence-electron chi connectivity index (χ1n) is 7.12. The quantitative estimate of drug-likeness (QED) is 0.842. The molecule has 1 N–H and O–H groups in total. The van der Waals surface area contributed by atoms with Crippen molar-refractivity contribution in [2.45, 2.75) is 39.4 Å². The number of methoxy groups -OCH3 is 1. The van der Waals surface area contributed by atoms with E-state index in [-0.39, 0.29) is 6.04 Å². The number of aryl methyl sites for hydroxylation is 1. The van der Waals surface area contributed by atoms with Gasteiger partial charge in [0.25, 0.3) is 0 Å². The van der Waals surface area contributed by atoms with E-state index in [0.717, 1.165) is 31.1 Å². The Labute approximate surface area is 120 Å². The zero-order valence-corrected chi connectivity index (χ0v) is 12.5. The van der Waals surface area contributed by atoms with Crippen LogP contribution in [-0.4, -0.2) is 16.7 Å². The van der Waals surface area contributed by atoms with Crippen molar-refractivity contribution < 1.29 is 4.74 Å². The lowest BCUT2D eigenvalue weighted by atomic mass is 10.1. The van der Waals surface area contributed by atoms with Gasteiger partial charge in [-0.15, -0.1) is 0 Å². The highest BCUT2D eigenvalue weighted by Crippen LogP contribution is 2.24. The zero-order valence-electron chi connectivity index (χ0n) is 12.5. The third-order valence-electron chi connectivity index (χ3n) is 3.44. The van der Waals surface area contributed by atoms with E-state index in [9.17, 15) is 0 Å². The predicted molar refractivity (Wildman–Crippen MR) is 80.8 cm³/mol. The number of nitrogens with zero attached hydrogens (tertiary/aromatic N) is 2. The summed E-state index contributed by atoms with van der Waals surface area (Å²) < 4.78 is 7.60. The highest BCUT2D eigenvalue weighted by atomic mass is 16.5. The van der Waals surface area contributed by atoms with Crippen molar-refractivity contribution in [1.82, 2.24) is 14.9 Å². The summed E-state index contributed by atoms with van der Waals surface area (Å²) in [6, 6.07) is 8.33. The molecule has 0 aliphatic heterocycles. The van der Waals surface area contributed by atoms with E-state index in [4.69, 9.17) is 4.74 Å². The molecule has 0 radical (unpaired) electrons. The lowest BCUT2D eigenvalue weighted by molar-refractivity contribution is 0.400. The van der Waals surface area contributed by atoms with Gasteiger partial charge in [-0.1, -0.05) is 25.1 Å². The number of para-hydroxylation sites is 1. The lowest BCUT2D eigenvalue weighted by Gasteiger charge is -2.17. The van der Waals surface area contributed by atoms with Gasteiger partial charge in [0, 0.05) is 30.5 Å². The molecule has 108 valence electrons. The average molecular weight is 273 g/mol. The molecule has 0 amide bonds. The van der Waals surface area contributed by atoms with Crippen molar-refractivity contribution >= 4 is 0 Å². The van der Waals surface area contributed by atoms with E-state index in [2.05, 4.69) is 34.8 Å². The molecule has 4 heteroatoms. The van der Waals surface area contributed by atoms with E-state index in [1.54, 1.807) is 7.11 Å². The van der Waals surface area contributed by atoms with Crippen molar-refractivity contribution in [3.05, 3.63) is 48.0 Å². The average Bonchev–Trinajstić information content (AvgIpc) is 2.92. The van der Waals surface area contributed by atoms with E-state index in [1.165, 1.54) is 5.56 Å². The number of rotatable bonds is 7. The van der Waals surface area contributed by atoms with Gasteiger partial charge in [-0.25, -0.2) is 4.98 Å². The molecule has 20 heavy (non-hydrogen) atoms. The van der Waals surface area contributed by atoms with E-state index in [0.29, 0.717) is 0 Å². The van der Waals surface area contributed by atoms with E-state index in [1.807, 2.05) is 30.6 Å². The Morgan fingerprint density at radius 2 is 2.15 bits per heavy atom. The molecule has 0 aliphatic rings. The Bertz CT molecular complexity index is 536. The topological polar surface area (TPSA) is 39.1 Å². The van der Waals surface area contributed by atoms with Crippen LogP contribution in [0.2, 0.25) is 0 Å². The number of nitrogens with one attached hydrogen (secondary N) is 1. The van der Waals surface area contributed by atoms with Crippen molar-refractivity contribution in [2.24, 2.45) is 0 Å². The number of benzene rings is 1. The molecule has 0 bridgehead atoms. The maximum Gasteiger partial charge on any atom is 0.123 e. The predicted octanol–water partition coefficient (Wildman–Crippen LogP) is 3.15. The highest BCUT2D eigenvalue weighted by molar-refractivity contribution is 5.35. The summed E-state index contributed by atoms with van der Waals surface area (Å²) in [6.45, 7) is 6.09. The number of hydrogen-bond acceptors (Lipinski definition) is 3. The van der Waals surface area contributed by atoms with Gasteiger partial charge in [0.15, 0.2) is 0 Å². The van der Waals surface area contributed by atoms with Gasteiger partial charge in [-0.3, -0.25) is 0 Å². The van der Waals surface area contributed by atoms with E-state index >= 15 is 0 Å². The minimum atomic E-state index is 0.220. The first kappa shape index (κ1) is 14.6. The summed E-state index contributed by atoms with van der Waals surface area (Å²) >= 11 is 0. The summed E-state index contributed by atoms with van der Waals surface area (Å²) in [6.07, 6.45) is 5.01. The van der Waals surface area contributed by atoms with Crippen LogP contribution in [0.4, 0.5) is 0 Å². The van der Waals surface area contributed by atoms with Crippen molar-refractivity contribution in [2.75, 3.05) is 7.11 Å². The molecule has 0 spiro atoms. The Morgan fingerprint density at radius 1 is 1.35 bits per heavy atom. The first-order valence-corrected chi connectivity index (χ1v) is 7.12. The molecule has 0 fully saturated rings. The van der Waals surface area contributed by atoms with Gasteiger partial charge >= 0.3 is 0 Å². The second-order valence-corrected chi connectivity index (χ2v) is 4.88. The van der Waals surface area contributed by atoms with Crippen molar-refractivity contribution in [3.8, 4) is 5.75 Å². The number of aromatic nitrogens is 2. The fourth-order valence-corrected chi connectivity index (χ4v) is 2.33. The SMILES string of the molecule is CCCn1ccnc1CNC(C)c1ccccc1OC. The summed E-state index contributed by atoms with van der Waals surface area (Å²) in [5.41, 5.74) is 1.17. The van der Waals surface area contributed by atoms with Crippen LogP contribution in [0.5, 0.6) is 5.75 Å². The number of ether oxygens (including phenoxy) is 1. The molecule has 0 aliphatic carbocycles. The molecule has 1 heterocycles. The van der Waals surface area contributed by atoms with Crippen molar-refractivity contribution in [1.29, 1.82) is 0 Å². The third kappa shape index (κ3) is 3.39. The third-order valence-corrected chi connectivity index (χ3v) is 3.44. The maximum atomic E-state index is 5.40. The van der Waals surface area contributed by atoms with Crippen LogP contribution in [0.25, 0.3) is 0 Å². The Kier molecular flexibility index (Phi) is 5.18. The standard InChI is InChI=1S/C16H23N3O/c1-4-10-19-11-9-17-16(19)12-18-13(2)14-7-5-6-8-15(14)20-3/h5-9,11,13,18H,4,10,12H2,1-3H3. The molecule has 1 aromatic carbocycles. The molecule has 1 atom stereocenters. The van der Waals surface area contributed by atoms with Crippen LogP contribution >= 0.6 is 0 Å². The summed E-state index contributed by atoms with van der Waals surface area (Å²) in [5, 5.41) is 3.51. The number of imidazole rings is 1. The second-order valence-electron chi connectivity index (χ2n) is 4.88. The van der Waals surface area contributed by atoms with Crippen LogP contribution in [0.15, 0.2) is 36.7 Å². The van der Waals surface area contributed by atoms with Crippen LogP contribution < -0.4 is 10.1 Å². The van der Waals surface area contributed by atoms with Crippen LogP contribution in [0, 0.1) is 0 Å². The van der Waals surface area contributed by atoms with Crippen LogP contribution in [0.1, 0.15) is 37.7 Å². The van der Waals surface area contributed by atoms with Gasteiger partial charge in [0.05, 0.1) is 13.7 Å². The van der Waals surface area contributed by atoms with Gasteiger partial charge in [-0.05, 0) is 19.4 Å². The van der Waals surface area contributed by atoms with E-state index < -0.39 is 0 Å². The molecule has 1 aromatic heterocycles. The van der Waals surface area contributed by atoms with Crippen LogP contribution in [-0.2, 0) is 13.1 Å². The molecular formula is C16H23N3O. The molecule has 0 saturated heterocycles. The second kappa shape index (κ2) is 7.10. The van der Waals surface area contributed by atoms with Gasteiger partial charge in [-0.2, -0.15) is 0 Å². The monoisotopic (exact) mass is 273 g/mol. The van der Waals surface area contributed by atoms with Crippen molar-refractivity contribution in [3.63, 3.8) is 0 Å². The number of hydrogen-bond donors (Lipinski definition) is 1. The maximum absolute atomic E-state index is 5.40. The lowest BCUT2D eigenvalue weighted by Crippen LogP contribution is -2.21. The summed E-state index contributed by atoms with van der Waals surface area (Å²) in [7, 11) is 1.71. The molecule has 4 nitrogen and oxygen atoms in total. The fourth-order valence-electron chi connectivity index (χ4n) is 2.33. The summed E-state index contributed by atoms with van der Waals surface area (Å²) in [4.78, 5) is 4.41. The first-order chi connectivity index (χ1) is 9.76. The van der Waals surface area contributed by atoms with Crippen LogP contribution in [0.3, 0.4) is 0 Å². The van der Waals surface area contributed by atoms with Gasteiger partial charge < -0.3 is 14.6 Å². The van der Waals surface area contributed by atoms with Gasteiger partial charge in [0.2, 0.25) is 0 Å². The smallest absolute Gasteiger partial charge is 0.123 e. The largest absolute Gasteiger partial charge is 0.496 e. The zero-order chi connectivity index (χ0) is 14.4. The molecule has 0 saturated carbocycles. The molecule has 2 aromatic rings. The highest BCUT2D eigenvalue weighted by Gasteiger charge is 2.11.